The minimum absolute atomic E-state index is 0.898. The third-order valence-corrected chi connectivity index (χ3v) is 3.26. The fourth-order valence-electron chi connectivity index (χ4n) is 1.37. The number of hydrogen-bond acceptors (Lipinski definition) is 3. The van der Waals surface area contributed by atoms with Crippen LogP contribution in [0.5, 0.6) is 5.75 Å². The molecule has 0 saturated carbocycles. The van der Waals surface area contributed by atoms with E-state index < -0.39 is 0 Å². The van der Waals surface area contributed by atoms with E-state index in [0.29, 0.717) is 0 Å². The summed E-state index contributed by atoms with van der Waals surface area (Å²) in [7, 11) is 1.68. The van der Waals surface area contributed by atoms with Crippen molar-refractivity contribution in [1.29, 1.82) is 0 Å². The van der Waals surface area contributed by atoms with Gasteiger partial charge in [0.2, 0.25) is 0 Å². The van der Waals surface area contributed by atoms with Crippen LogP contribution in [0.4, 0.5) is 0 Å². The molecule has 0 amide bonds. The van der Waals surface area contributed by atoms with Gasteiger partial charge in [0.25, 0.3) is 0 Å². The zero-order valence-corrected chi connectivity index (χ0v) is 9.01. The molecule has 2 rings (SSSR count). The van der Waals surface area contributed by atoms with E-state index in [1.54, 1.807) is 7.11 Å². The Bertz CT molecular complexity index is 332. The van der Waals surface area contributed by atoms with Crippen molar-refractivity contribution in [3.8, 4) is 5.75 Å². The van der Waals surface area contributed by atoms with Gasteiger partial charge in [-0.1, -0.05) is 0 Å². The first-order chi connectivity index (χ1) is 6.90. The smallest absolute Gasteiger partial charge is 0.118 e. The number of nitrogens with zero attached hydrogens (tertiary/aromatic N) is 1. The summed E-state index contributed by atoms with van der Waals surface area (Å²) in [4.78, 5) is 4.49. The van der Waals surface area contributed by atoms with Gasteiger partial charge in [0.15, 0.2) is 0 Å². The monoisotopic (exact) mass is 207 g/mol. The average Bonchev–Trinajstić information content (AvgIpc) is 2.30. The highest BCUT2D eigenvalue weighted by atomic mass is 32.2. The van der Waals surface area contributed by atoms with Crippen molar-refractivity contribution in [2.45, 2.75) is 6.42 Å². The summed E-state index contributed by atoms with van der Waals surface area (Å²) in [5.74, 6) is 2.08. The van der Waals surface area contributed by atoms with Crippen LogP contribution in [-0.2, 0) is 0 Å². The molecule has 1 aromatic rings. The zero-order valence-electron chi connectivity index (χ0n) is 8.19. The van der Waals surface area contributed by atoms with E-state index in [4.69, 9.17) is 4.74 Å². The van der Waals surface area contributed by atoms with E-state index in [1.165, 1.54) is 22.8 Å². The highest BCUT2D eigenvalue weighted by molar-refractivity contribution is 8.14. The predicted molar refractivity (Wildman–Crippen MR) is 61.5 cm³/mol. The van der Waals surface area contributed by atoms with Gasteiger partial charge in [0.05, 0.1) is 12.2 Å². The van der Waals surface area contributed by atoms with Gasteiger partial charge in [-0.15, -0.1) is 11.8 Å². The predicted octanol–water partition coefficient (Wildman–Crippen LogP) is 2.58. The maximum atomic E-state index is 5.11. The minimum atomic E-state index is 0.898. The number of aliphatic imine (C=N–C) groups is 1. The maximum absolute atomic E-state index is 5.11. The largest absolute Gasteiger partial charge is 0.497 e. The lowest BCUT2D eigenvalue weighted by Crippen LogP contribution is -2.04. The van der Waals surface area contributed by atoms with E-state index >= 15 is 0 Å². The zero-order chi connectivity index (χ0) is 9.80. The van der Waals surface area contributed by atoms with Gasteiger partial charge in [-0.2, -0.15) is 0 Å². The third-order valence-electron chi connectivity index (χ3n) is 2.13. The molecule has 0 N–H and O–H groups in total. The molecule has 0 spiro atoms. The van der Waals surface area contributed by atoms with Crippen molar-refractivity contribution in [2.75, 3.05) is 19.4 Å². The normalized spacial score (nSPS) is 16.2. The first kappa shape index (κ1) is 9.59. The number of rotatable bonds is 2. The van der Waals surface area contributed by atoms with Crippen LogP contribution in [0.25, 0.3) is 0 Å². The summed E-state index contributed by atoms with van der Waals surface area (Å²) in [5, 5.41) is 1.17. The fourth-order valence-corrected chi connectivity index (χ4v) is 2.32. The van der Waals surface area contributed by atoms with Crippen LogP contribution in [-0.4, -0.2) is 24.5 Å². The average molecular weight is 207 g/mol. The molecular formula is C11H13NOS. The lowest BCUT2D eigenvalue weighted by Gasteiger charge is -2.11. The van der Waals surface area contributed by atoms with Crippen molar-refractivity contribution in [3.05, 3.63) is 29.8 Å². The molecular weight excluding hydrogens is 194 g/mol. The van der Waals surface area contributed by atoms with Crippen molar-refractivity contribution >= 4 is 16.8 Å². The van der Waals surface area contributed by atoms with E-state index in [2.05, 4.69) is 17.1 Å². The summed E-state index contributed by atoms with van der Waals surface area (Å²) in [6.45, 7) is 0.967. The summed E-state index contributed by atoms with van der Waals surface area (Å²) >= 11 is 1.84. The SMILES string of the molecule is COc1ccc(C2=NCCCS2)cc1. The minimum Gasteiger partial charge on any atom is -0.497 e. The second-order valence-electron chi connectivity index (χ2n) is 3.12. The number of benzene rings is 1. The number of thioether (sulfide) groups is 1. The van der Waals surface area contributed by atoms with Gasteiger partial charge in [0.1, 0.15) is 5.75 Å². The Labute approximate surface area is 88.4 Å². The highest BCUT2D eigenvalue weighted by Crippen LogP contribution is 2.20. The van der Waals surface area contributed by atoms with E-state index in [9.17, 15) is 0 Å². The van der Waals surface area contributed by atoms with Crippen LogP contribution >= 0.6 is 11.8 Å². The van der Waals surface area contributed by atoms with Crippen LogP contribution in [0, 0.1) is 0 Å². The van der Waals surface area contributed by atoms with Gasteiger partial charge in [-0.3, -0.25) is 4.99 Å². The second-order valence-corrected chi connectivity index (χ2v) is 4.20. The Morgan fingerprint density at radius 2 is 2.07 bits per heavy atom. The number of methoxy groups -OCH3 is 1. The Hall–Kier alpha value is -0.960. The molecule has 0 unspecified atom stereocenters. The summed E-state index contributed by atoms with van der Waals surface area (Å²) in [6.07, 6.45) is 1.20. The van der Waals surface area contributed by atoms with Gasteiger partial charge >= 0.3 is 0 Å². The molecule has 0 saturated heterocycles. The molecule has 1 aromatic carbocycles. The second kappa shape index (κ2) is 4.51. The highest BCUT2D eigenvalue weighted by Gasteiger charge is 2.07. The lowest BCUT2D eigenvalue weighted by molar-refractivity contribution is 0.415. The van der Waals surface area contributed by atoms with E-state index in [-0.39, 0.29) is 0 Å². The molecule has 0 bridgehead atoms. The van der Waals surface area contributed by atoms with Crippen molar-refractivity contribution < 1.29 is 4.74 Å². The molecule has 1 aliphatic heterocycles. The molecule has 1 aliphatic rings. The van der Waals surface area contributed by atoms with Crippen LogP contribution in [0.15, 0.2) is 29.3 Å². The van der Waals surface area contributed by atoms with E-state index in [1.807, 2.05) is 23.9 Å². The fraction of sp³-hybridized carbons (Fsp3) is 0.364. The topological polar surface area (TPSA) is 21.6 Å². The van der Waals surface area contributed by atoms with Crippen molar-refractivity contribution in [2.24, 2.45) is 4.99 Å². The molecule has 74 valence electrons. The lowest BCUT2D eigenvalue weighted by atomic mass is 10.2. The summed E-state index contributed by atoms with van der Waals surface area (Å²) < 4.78 is 5.11. The molecule has 1 heterocycles. The van der Waals surface area contributed by atoms with Crippen LogP contribution in [0.1, 0.15) is 12.0 Å². The van der Waals surface area contributed by atoms with Crippen molar-refractivity contribution in [3.63, 3.8) is 0 Å². The standard InChI is InChI=1S/C11H13NOS/c1-13-10-5-3-9(4-6-10)11-12-7-2-8-14-11/h3-6H,2,7-8H2,1H3. The Kier molecular flexibility index (Phi) is 3.09. The van der Waals surface area contributed by atoms with Gasteiger partial charge in [-0.25, -0.2) is 0 Å². The molecule has 0 radical (unpaired) electrons. The van der Waals surface area contributed by atoms with Crippen molar-refractivity contribution in [1.82, 2.24) is 0 Å². The molecule has 14 heavy (non-hydrogen) atoms. The van der Waals surface area contributed by atoms with Crippen LogP contribution in [0.3, 0.4) is 0 Å². The summed E-state index contributed by atoms with van der Waals surface area (Å²) in [5.41, 5.74) is 1.20. The number of hydrogen-bond donors (Lipinski definition) is 0. The first-order valence-corrected chi connectivity index (χ1v) is 5.70. The summed E-state index contributed by atoms with van der Waals surface area (Å²) in [6, 6.07) is 8.09. The quantitative estimate of drug-likeness (QED) is 0.743. The molecule has 0 aromatic heterocycles. The molecule has 0 aliphatic carbocycles. The molecule has 2 nitrogen and oxygen atoms in total. The van der Waals surface area contributed by atoms with E-state index in [0.717, 1.165) is 12.3 Å². The van der Waals surface area contributed by atoms with Gasteiger partial charge in [0, 0.05) is 17.9 Å². The van der Waals surface area contributed by atoms with Gasteiger partial charge in [-0.05, 0) is 30.7 Å². The third kappa shape index (κ3) is 2.10. The first-order valence-electron chi connectivity index (χ1n) is 4.72. The van der Waals surface area contributed by atoms with Gasteiger partial charge < -0.3 is 4.74 Å². The Morgan fingerprint density at radius 1 is 1.29 bits per heavy atom. The van der Waals surface area contributed by atoms with Crippen LogP contribution in [0.2, 0.25) is 0 Å². The Morgan fingerprint density at radius 3 is 2.64 bits per heavy atom. The van der Waals surface area contributed by atoms with Crippen LogP contribution < -0.4 is 4.74 Å². The molecule has 0 atom stereocenters. The maximum Gasteiger partial charge on any atom is 0.118 e. The number of ether oxygens (including phenoxy) is 1. The molecule has 3 heteroatoms. The Balaban J connectivity index is 2.19. The molecule has 0 fully saturated rings.